The number of carbonyl (C=O) groups excluding carboxylic acids is 1. The Balaban J connectivity index is 2.82. The van der Waals surface area contributed by atoms with Crippen LogP contribution < -0.4 is 10.6 Å². The van der Waals surface area contributed by atoms with E-state index in [1.54, 1.807) is 19.9 Å². The van der Waals surface area contributed by atoms with Gasteiger partial charge in [0.15, 0.2) is 0 Å². The number of amides is 1. The molecule has 0 saturated heterocycles. The van der Waals surface area contributed by atoms with Crippen LogP contribution in [0.5, 0.6) is 0 Å². The van der Waals surface area contributed by atoms with Crippen molar-refractivity contribution < 1.29 is 9.90 Å². The normalized spacial score (nSPS) is 12.1. The maximum atomic E-state index is 12.2. The molecule has 0 atom stereocenters. The molecule has 0 spiro atoms. The molecule has 0 aromatic heterocycles. The highest BCUT2D eigenvalue weighted by atomic mass is 16.3. The number of aliphatic hydroxyl groups is 1. The first-order valence-electron chi connectivity index (χ1n) is 7.34. The quantitative estimate of drug-likeness (QED) is 0.782. The van der Waals surface area contributed by atoms with Gasteiger partial charge in [-0.1, -0.05) is 26.8 Å². The van der Waals surface area contributed by atoms with Gasteiger partial charge in [-0.05, 0) is 43.9 Å². The highest BCUT2D eigenvalue weighted by molar-refractivity contribution is 5.97. The molecule has 1 amide bonds. The molecular weight excluding hydrogens is 264 g/mol. The van der Waals surface area contributed by atoms with Crippen molar-refractivity contribution in [3.63, 3.8) is 0 Å². The fourth-order valence-electron chi connectivity index (χ4n) is 1.83. The fraction of sp³-hybridized carbons (Fsp3) is 0.588. The van der Waals surface area contributed by atoms with Gasteiger partial charge >= 0.3 is 0 Å². The maximum Gasteiger partial charge on any atom is 0.251 e. The fourth-order valence-corrected chi connectivity index (χ4v) is 1.83. The van der Waals surface area contributed by atoms with Crippen LogP contribution in [0.1, 0.15) is 50.5 Å². The Kier molecular flexibility index (Phi) is 5.40. The minimum atomic E-state index is -0.911. The molecule has 21 heavy (non-hydrogen) atoms. The van der Waals surface area contributed by atoms with E-state index in [0.29, 0.717) is 5.56 Å². The van der Waals surface area contributed by atoms with Crippen molar-refractivity contribution in [1.29, 1.82) is 0 Å². The summed E-state index contributed by atoms with van der Waals surface area (Å²) in [4.78, 5) is 12.2. The number of hydrogen-bond donors (Lipinski definition) is 3. The molecule has 0 heterocycles. The third-order valence-corrected chi connectivity index (χ3v) is 3.07. The van der Waals surface area contributed by atoms with Crippen LogP contribution in [-0.2, 0) is 0 Å². The van der Waals surface area contributed by atoms with E-state index in [2.05, 4.69) is 31.4 Å². The lowest BCUT2D eigenvalue weighted by atomic mass is 9.96. The van der Waals surface area contributed by atoms with Gasteiger partial charge in [-0.3, -0.25) is 4.79 Å². The standard InChI is InChI=1S/C17H28N2O2/c1-12-13(15(20)19-11-17(5,6)21)8-7-9-14(12)18-10-16(2,3)4/h7-9,18,21H,10-11H2,1-6H3,(H,19,20). The molecular formula is C17H28N2O2. The van der Waals surface area contributed by atoms with Crippen LogP contribution in [-0.4, -0.2) is 29.7 Å². The molecule has 0 fully saturated rings. The Hall–Kier alpha value is -1.55. The predicted molar refractivity (Wildman–Crippen MR) is 87.8 cm³/mol. The van der Waals surface area contributed by atoms with E-state index in [4.69, 9.17) is 0 Å². The zero-order valence-electron chi connectivity index (χ0n) is 14.0. The first-order chi connectivity index (χ1) is 9.49. The lowest BCUT2D eigenvalue weighted by molar-refractivity contribution is 0.0694. The molecule has 0 aliphatic carbocycles. The van der Waals surface area contributed by atoms with Gasteiger partial charge in [0, 0.05) is 24.3 Å². The van der Waals surface area contributed by atoms with Gasteiger partial charge in [-0.2, -0.15) is 0 Å². The van der Waals surface area contributed by atoms with Crippen molar-refractivity contribution in [2.45, 2.75) is 47.1 Å². The monoisotopic (exact) mass is 292 g/mol. The molecule has 0 unspecified atom stereocenters. The number of nitrogens with one attached hydrogen (secondary N) is 2. The van der Waals surface area contributed by atoms with E-state index in [1.165, 1.54) is 0 Å². The van der Waals surface area contributed by atoms with Gasteiger partial charge in [0.25, 0.3) is 5.91 Å². The second kappa shape index (κ2) is 6.48. The van der Waals surface area contributed by atoms with Gasteiger partial charge in [0.2, 0.25) is 0 Å². The summed E-state index contributed by atoms with van der Waals surface area (Å²) >= 11 is 0. The molecule has 1 aromatic rings. The summed E-state index contributed by atoms with van der Waals surface area (Å²) in [6, 6.07) is 5.65. The van der Waals surface area contributed by atoms with Crippen molar-refractivity contribution in [3.05, 3.63) is 29.3 Å². The molecule has 0 saturated carbocycles. The summed E-state index contributed by atoms with van der Waals surface area (Å²) in [6.07, 6.45) is 0. The van der Waals surface area contributed by atoms with E-state index in [-0.39, 0.29) is 17.9 Å². The Bertz CT molecular complexity index is 496. The van der Waals surface area contributed by atoms with Crippen LogP contribution in [0.2, 0.25) is 0 Å². The molecule has 3 N–H and O–H groups in total. The van der Waals surface area contributed by atoms with Crippen LogP contribution in [0.3, 0.4) is 0 Å². The highest BCUT2D eigenvalue weighted by Gasteiger charge is 2.17. The van der Waals surface area contributed by atoms with Gasteiger partial charge in [0.1, 0.15) is 0 Å². The van der Waals surface area contributed by atoms with Gasteiger partial charge in [-0.25, -0.2) is 0 Å². The van der Waals surface area contributed by atoms with Crippen LogP contribution in [0.25, 0.3) is 0 Å². The lowest BCUT2D eigenvalue weighted by Crippen LogP contribution is -2.38. The van der Waals surface area contributed by atoms with Gasteiger partial charge < -0.3 is 15.7 Å². The minimum absolute atomic E-state index is 0.158. The summed E-state index contributed by atoms with van der Waals surface area (Å²) in [5, 5.41) is 15.8. The number of benzene rings is 1. The largest absolute Gasteiger partial charge is 0.389 e. The Morgan fingerprint density at radius 2 is 1.76 bits per heavy atom. The van der Waals surface area contributed by atoms with Crippen molar-refractivity contribution in [1.82, 2.24) is 5.32 Å². The second-order valence-corrected chi connectivity index (χ2v) is 7.39. The first-order valence-corrected chi connectivity index (χ1v) is 7.34. The topological polar surface area (TPSA) is 61.4 Å². The molecule has 0 aliphatic heterocycles. The van der Waals surface area contributed by atoms with Crippen LogP contribution in [0.4, 0.5) is 5.69 Å². The molecule has 1 aromatic carbocycles. The van der Waals surface area contributed by atoms with E-state index >= 15 is 0 Å². The third kappa shape index (κ3) is 6.17. The number of anilines is 1. The molecule has 0 bridgehead atoms. The zero-order valence-corrected chi connectivity index (χ0v) is 14.0. The smallest absolute Gasteiger partial charge is 0.251 e. The molecule has 1 rings (SSSR count). The number of rotatable bonds is 5. The van der Waals surface area contributed by atoms with E-state index in [9.17, 15) is 9.90 Å². The molecule has 118 valence electrons. The SMILES string of the molecule is Cc1c(NCC(C)(C)C)cccc1C(=O)NCC(C)(C)O. The van der Waals surface area contributed by atoms with Gasteiger partial charge in [-0.15, -0.1) is 0 Å². The average molecular weight is 292 g/mol. The first kappa shape index (κ1) is 17.5. The molecule has 0 aliphatic rings. The Morgan fingerprint density at radius 1 is 1.14 bits per heavy atom. The summed E-state index contributed by atoms with van der Waals surface area (Å²) in [7, 11) is 0. The van der Waals surface area contributed by atoms with Crippen LogP contribution >= 0.6 is 0 Å². The zero-order chi connectivity index (χ0) is 16.3. The predicted octanol–water partition coefficient (Wildman–Crippen LogP) is 2.95. The summed E-state index contributed by atoms with van der Waals surface area (Å²) in [6.45, 7) is 12.8. The molecule has 4 heteroatoms. The summed E-state index contributed by atoms with van der Waals surface area (Å²) < 4.78 is 0. The number of hydrogen-bond acceptors (Lipinski definition) is 3. The maximum absolute atomic E-state index is 12.2. The van der Waals surface area contributed by atoms with Crippen molar-refractivity contribution in [2.75, 3.05) is 18.4 Å². The highest BCUT2D eigenvalue weighted by Crippen LogP contribution is 2.21. The lowest BCUT2D eigenvalue weighted by Gasteiger charge is -2.22. The Morgan fingerprint density at radius 3 is 2.29 bits per heavy atom. The van der Waals surface area contributed by atoms with E-state index in [0.717, 1.165) is 17.8 Å². The van der Waals surface area contributed by atoms with Crippen LogP contribution in [0, 0.1) is 12.3 Å². The van der Waals surface area contributed by atoms with Crippen molar-refractivity contribution >= 4 is 11.6 Å². The van der Waals surface area contributed by atoms with E-state index in [1.807, 2.05) is 19.1 Å². The van der Waals surface area contributed by atoms with Gasteiger partial charge in [0.05, 0.1) is 5.60 Å². The molecule has 0 radical (unpaired) electrons. The number of carbonyl (C=O) groups is 1. The summed E-state index contributed by atoms with van der Waals surface area (Å²) in [5.41, 5.74) is 1.80. The van der Waals surface area contributed by atoms with Crippen molar-refractivity contribution in [3.8, 4) is 0 Å². The second-order valence-electron chi connectivity index (χ2n) is 7.39. The Labute approximate surface area is 128 Å². The third-order valence-electron chi connectivity index (χ3n) is 3.07. The molecule has 4 nitrogen and oxygen atoms in total. The van der Waals surface area contributed by atoms with Crippen LogP contribution in [0.15, 0.2) is 18.2 Å². The van der Waals surface area contributed by atoms with E-state index < -0.39 is 5.60 Å². The summed E-state index contributed by atoms with van der Waals surface area (Å²) in [5.74, 6) is -0.158. The van der Waals surface area contributed by atoms with Crippen molar-refractivity contribution in [2.24, 2.45) is 5.41 Å². The average Bonchev–Trinajstić information content (AvgIpc) is 2.33. The minimum Gasteiger partial charge on any atom is -0.389 e.